The number of anilines is 6. The molecule has 15 rings (SSSR count). The van der Waals surface area contributed by atoms with Gasteiger partial charge < -0.3 is 9.80 Å². The van der Waals surface area contributed by atoms with Crippen molar-refractivity contribution in [2.75, 3.05) is 9.80 Å². The maximum Gasteiger partial charge on any atom is 0.0564 e. The molecule has 0 unspecified atom stereocenters. The Bertz CT molecular complexity index is 4330. The number of nitrogens with zero attached hydrogens (tertiary/aromatic N) is 2. The van der Waals surface area contributed by atoms with E-state index < -0.39 is 0 Å². The summed E-state index contributed by atoms with van der Waals surface area (Å²) in [6.07, 6.45) is 0. The third kappa shape index (κ3) is 6.97. The molecule has 0 bridgehead atoms. The molecule has 0 saturated heterocycles. The van der Waals surface area contributed by atoms with Crippen molar-refractivity contribution in [3.8, 4) is 66.8 Å². The summed E-state index contributed by atoms with van der Waals surface area (Å²) in [4.78, 5) is 5.13. The second kappa shape index (κ2) is 17.3. The molecule has 0 aromatic heterocycles. The molecule has 386 valence electrons. The van der Waals surface area contributed by atoms with Crippen LogP contribution in [0.2, 0.25) is 0 Å². The maximum absolute atomic E-state index is 2.59. The van der Waals surface area contributed by atoms with Crippen LogP contribution in [0.3, 0.4) is 0 Å². The van der Waals surface area contributed by atoms with Crippen LogP contribution in [0.4, 0.5) is 34.1 Å². The fourth-order valence-electron chi connectivity index (χ4n) is 14.7. The van der Waals surface area contributed by atoms with Crippen molar-refractivity contribution in [1.29, 1.82) is 0 Å². The van der Waals surface area contributed by atoms with Crippen LogP contribution in [0.15, 0.2) is 243 Å². The molecule has 11 aromatic carbocycles. The normalized spacial score (nSPS) is 15.4. The summed E-state index contributed by atoms with van der Waals surface area (Å²) in [5.74, 6) is 0. The average Bonchev–Trinajstić information content (AvgIpc) is 4.22. The number of hydrogen-bond acceptors (Lipinski definition) is 2. The van der Waals surface area contributed by atoms with Gasteiger partial charge >= 0.3 is 0 Å². The Labute approximate surface area is 472 Å². The number of fused-ring (bicyclic) bond motifs is 12. The lowest BCUT2D eigenvalue weighted by atomic mass is 9.79. The minimum atomic E-state index is -0.374. The van der Waals surface area contributed by atoms with Crippen LogP contribution in [0.5, 0.6) is 0 Å². The zero-order valence-corrected chi connectivity index (χ0v) is 47.0. The first-order valence-electron chi connectivity index (χ1n) is 28.6. The molecule has 0 aliphatic heterocycles. The molecule has 80 heavy (non-hydrogen) atoms. The van der Waals surface area contributed by atoms with Crippen LogP contribution < -0.4 is 9.80 Å². The van der Waals surface area contributed by atoms with Gasteiger partial charge in [-0.25, -0.2) is 0 Å². The summed E-state index contributed by atoms with van der Waals surface area (Å²) >= 11 is 0. The fraction of sp³-hybridized carbons (Fsp3) is 0.154. The average molecular weight is 1030 g/mol. The van der Waals surface area contributed by atoms with E-state index >= 15 is 0 Å². The van der Waals surface area contributed by atoms with Crippen LogP contribution >= 0.6 is 0 Å². The van der Waals surface area contributed by atoms with Crippen molar-refractivity contribution in [2.24, 2.45) is 0 Å². The Balaban J connectivity index is 1.02. The van der Waals surface area contributed by atoms with E-state index in [9.17, 15) is 0 Å². The molecule has 2 heteroatoms. The van der Waals surface area contributed by atoms with Crippen molar-refractivity contribution in [2.45, 2.75) is 77.0 Å². The highest BCUT2D eigenvalue weighted by atomic mass is 15.2. The molecule has 4 aliphatic carbocycles. The number of rotatable bonds is 8. The van der Waals surface area contributed by atoms with Gasteiger partial charge in [0.1, 0.15) is 0 Å². The van der Waals surface area contributed by atoms with Crippen LogP contribution in [-0.4, -0.2) is 0 Å². The van der Waals surface area contributed by atoms with E-state index in [0.717, 1.165) is 34.1 Å². The fourth-order valence-corrected chi connectivity index (χ4v) is 14.7. The molecule has 4 aliphatic rings. The largest absolute Gasteiger partial charge is 0.310 e. The molecule has 0 spiro atoms. The number of benzene rings is 11. The monoisotopic (exact) mass is 1030 g/mol. The third-order valence-corrected chi connectivity index (χ3v) is 19.1. The zero-order chi connectivity index (χ0) is 54.5. The lowest BCUT2D eigenvalue weighted by Crippen LogP contribution is -2.20. The minimum Gasteiger partial charge on any atom is -0.310 e. The van der Waals surface area contributed by atoms with Gasteiger partial charge in [-0.1, -0.05) is 225 Å². The topological polar surface area (TPSA) is 6.48 Å². The molecule has 2 nitrogen and oxygen atoms in total. The van der Waals surface area contributed by atoms with E-state index in [1.165, 1.54) is 111 Å². The van der Waals surface area contributed by atoms with Gasteiger partial charge in [-0.2, -0.15) is 0 Å². The second-order valence-electron chi connectivity index (χ2n) is 24.9. The summed E-state index contributed by atoms with van der Waals surface area (Å²) in [7, 11) is 0. The molecule has 0 atom stereocenters. The molecule has 0 fully saturated rings. The highest BCUT2D eigenvalue weighted by Gasteiger charge is 2.45. The highest BCUT2D eigenvalue weighted by Crippen LogP contribution is 2.61. The second-order valence-corrected chi connectivity index (χ2v) is 24.9. The van der Waals surface area contributed by atoms with Gasteiger partial charge in [0.25, 0.3) is 0 Å². The Morgan fingerprint density at radius 3 is 1.02 bits per heavy atom. The quantitative estimate of drug-likeness (QED) is 0.150. The van der Waals surface area contributed by atoms with Gasteiger partial charge in [0.05, 0.1) is 5.69 Å². The van der Waals surface area contributed by atoms with E-state index in [1.807, 2.05) is 0 Å². The van der Waals surface area contributed by atoms with Crippen LogP contribution in [0, 0.1) is 0 Å². The van der Waals surface area contributed by atoms with Gasteiger partial charge in [-0.05, 0) is 179 Å². The van der Waals surface area contributed by atoms with E-state index in [-0.39, 0.29) is 21.7 Å². The molecule has 0 amide bonds. The predicted molar refractivity (Wildman–Crippen MR) is 337 cm³/mol. The highest BCUT2D eigenvalue weighted by molar-refractivity contribution is 6.01. The van der Waals surface area contributed by atoms with Gasteiger partial charge in [-0.3, -0.25) is 0 Å². The van der Waals surface area contributed by atoms with Crippen LogP contribution in [-0.2, 0) is 21.7 Å². The molecule has 11 aromatic rings. The summed E-state index contributed by atoms with van der Waals surface area (Å²) < 4.78 is 0. The van der Waals surface area contributed by atoms with Crippen molar-refractivity contribution < 1.29 is 0 Å². The SMILES string of the molecule is CC1(C)c2ccccc2-c2ccc(N(c3ccc(-c4ccccc4)cc3)c3cc(N(c4ccc(-c5ccccc5)cc4)c4ccc5c(c4)C(C)(C)c4ccccc4-5)c4c(c3)C(C)(C)c3cc5c(cc3-4)C(C)(C)c3ccccc3-5)cc21. The lowest BCUT2D eigenvalue weighted by molar-refractivity contribution is 0.652. The maximum atomic E-state index is 2.59. The Kier molecular flexibility index (Phi) is 10.4. The zero-order valence-electron chi connectivity index (χ0n) is 47.0. The van der Waals surface area contributed by atoms with Crippen molar-refractivity contribution >= 4 is 34.1 Å². The van der Waals surface area contributed by atoms with Crippen molar-refractivity contribution in [3.63, 3.8) is 0 Å². The standard InChI is InChI=1S/C78H64N2/c1-75(2)65-28-18-15-25-58(65)61-41-39-55(43-68(61)75)79(53-35-31-51(32-36-53)49-21-11-9-12-22-49)57-45-72-74(64-48-70-63(47-71(64)78(72,7)8)60-27-17-20-30-67(60)77(70,5)6)73(46-57)80(54-37-33-52(34-38-54)50-23-13-10-14-24-50)56-40-42-62-59-26-16-19-29-66(59)76(3,4)69(62)44-56/h9-48H,1-8H3. The summed E-state index contributed by atoms with van der Waals surface area (Å²) in [6, 6.07) is 91.9. The predicted octanol–water partition coefficient (Wildman–Crippen LogP) is 21.2. The lowest BCUT2D eigenvalue weighted by Gasteiger charge is -2.34. The van der Waals surface area contributed by atoms with E-state index in [2.05, 4.69) is 308 Å². The summed E-state index contributed by atoms with van der Waals surface area (Å²) in [5, 5.41) is 0. The Hall–Kier alpha value is -8.98. The van der Waals surface area contributed by atoms with Crippen molar-refractivity contribution in [1.82, 2.24) is 0 Å². The molecular weight excluding hydrogens is 965 g/mol. The van der Waals surface area contributed by atoms with Gasteiger partial charge in [0, 0.05) is 55.7 Å². The molecular formula is C78H64N2. The summed E-state index contributed by atoms with van der Waals surface area (Å²) in [6.45, 7) is 19.3. The minimum absolute atomic E-state index is 0.175. The van der Waals surface area contributed by atoms with Crippen molar-refractivity contribution in [3.05, 3.63) is 287 Å². The first-order valence-corrected chi connectivity index (χ1v) is 28.6. The summed E-state index contributed by atoms with van der Waals surface area (Å²) in [5.41, 5.74) is 32.0. The Morgan fingerprint density at radius 2 is 0.537 bits per heavy atom. The first-order chi connectivity index (χ1) is 38.7. The van der Waals surface area contributed by atoms with Gasteiger partial charge in [0.2, 0.25) is 0 Å². The van der Waals surface area contributed by atoms with Gasteiger partial charge in [-0.15, -0.1) is 0 Å². The smallest absolute Gasteiger partial charge is 0.0564 e. The third-order valence-electron chi connectivity index (χ3n) is 19.1. The van der Waals surface area contributed by atoms with Crippen LogP contribution in [0.25, 0.3) is 66.8 Å². The molecule has 0 heterocycles. The van der Waals surface area contributed by atoms with Gasteiger partial charge in [0.15, 0.2) is 0 Å². The van der Waals surface area contributed by atoms with Crippen LogP contribution in [0.1, 0.15) is 99.9 Å². The number of hydrogen-bond donors (Lipinski definition) is 0. The Morgan fingerprint density at radius 1 is 0.212 bits per heavy atom. The van der Waals surface area contributed by atoms with E-state index in [1.54, 1.807) is 0 Å². The molecule has 0 N–H and O–H groups in total. The first kappa shape index (κ1) is 48.2. The van der Waals surface area contributed by atoms with E-state index in [0.29, 0.717) is 0 Å². The molecule has 0 saturated carbocycles. The van der Waals surface area contributed by atoms with E-state index in [4.69, 9.17) is 0 Å². The molecule has 0 radical (unpaired) electrons.